The van der Waals surface area contributed by atoms with Gasteiger partial charge in [-0.05, 0) is 43.2 Å². The monoisotopic (exact) mass is 371 g/mol. The molecule has 4 rings (SSSR count). The van der Waals surface area contributed by atoms with Crippen LogP contribution in [0.4, 0.5) is 17.5 Å². The summed E-state index contributed by atoms with van der Waals surface area (Å²) in [5.74, 6) is 1.26. The third kappa shape index (κ3) is 4.00. The van der Waals surface area contributed by atoms with Crippen molar-refractivity contribution in [2.75, 3.05) is 10.6 Å². The Hall–Kier alpha value is -2.37. The van der Waals surface area contributed by atoms with Gasteiger partial charge in [0.1, 0.15) is 5.82 Å². The van der Waals surface area contributed by atoms with Crippen molar-refractivity contribution in [3.05, 3.63) is 58.7 Å². The van der Waals surface area contributed by atoms with Crippen LogP contribution >= 0.6 is 23.2 Å². The van der Waals surface area contributed by atoms with E-state index in [0.717, 1.165) is 29.9 Å². The number of anilines is 3. The maximum absolute atomic E-state index is 6.09. The lowest BCUT2D eigenvalue weighted by Crippen LogP contribution is -2.08. The average Bonchev–Trinajstić information content (AvgIpc) is 3.43. The molecule has 0 spiro atoms. The first-order valence-corrected chi connectivity index (χ1v) is 8.72. The maximum Gasteiger partial charge on any atom is 0.225 e. The molecule has 0 atom stereocenters. The molecule has 5 nitrogen and oxygen atoms in total. The molecular weight excluding hydrogens is 357 g/mol. The number of rotatable bonds is 5. The minimum Gasteiger partial charge on any atom is -0.351 e. The normalized spacial score (nSPS) is 13.5. The molecule has 1 aliphatic rings. The number of halogens is 2. The van der Waals surface area contributed by atoms with Gasteiger partial charge in [0.05, 0.1) is 21.4 Å². The first kappa shape index (κ1) is 16.1. The molecule has 1 saturated carbocycles. The minimum absolute atomic E-state index is 0.455. The summed E-state index contributed by atoms with van der Waals surface area (Å²) < 4.78 is 0. The van der Waals surface area contributed by atoms with E-state index in [4.69, 9.17) is 23.2 Å². The highest BCUT2D eigenvalue weighted by molar-refractivity contribution is 6.42. The Morgan fingerprint density at radius 3 is 2.52 bits per heavy atom. The van der Waals surface area contributed by atoms with E-state index in [2.05, 4.69) is 25.6 Å². The summed E-state index contributed by atoms with van der Waals surface area (Å²) in [6, 6.07) is 13.4. The zero-order valence-electron chi connectivity index (χ0n) is 13.2. The van der Waals surface area contributed by atoms with E-state index in [1.807, 2.05) is 30.3 Å². The van der Waals surface area contributed by atoms with Crippen LogP contribution in [0, 0.1) is 0 Å². The number of pyridine rings is 1. The Labute approximate surface area is 155 Å². The topological polar surface area (TPSA) is 62.7 Å². The fourth-order valence-electron chi connectivity index (χ4n) is 2.35. The van der Waals surface area contributed by atoms with Crippen LogP contribution in [0.3, 0.4) is 0 Å². The standard InChI is InChI=1S/C18H15Cl2N5/c19-13-7-6-12(9-14(13)20)22-17-10-16(15-3-1-2-8-21-15)24-18(25-17)23-11-4-5-11/h1-3,6-11H,4-5H2,(H2,22,23,24,25). The lowest BCUT2D eigenvalue weighted by Gasteiger charge is -2.11. The van der Waals surface area contributed by atoms with Gasteiger partial charge in [0.25, 0.3) is 0 Å². The van der Waals surface area contributed by atoms with Crippen LogP contribution in [0.25, 0.3) is 11.4 Å². The zero-order valence-corrected chi connectivity index (χ0v) is 14.7. The van der Waals surface area contributed by atoms with Crippen molar-refractivity contribution in [2.45, 2.75) is 18.9 Å². The van der Waals surface area contributed by atoms with Gasteiger partial charge in [-0.2, -0.15) is 4.98 Å². The molecule has 2 heterocycles. The molecule has 25 heavy (non-hydrogen) atoms. The predicted octanol–water partition coefficient (Wildman–Crippen LogP) is 5.16. The molecule has 126 valence electrons. The summed E-state index contributed by atoms with van der Waals surface area (Å²) in [6.07, 6.45) is 4.04. The Balaban J connectivity index is 1.68. The molecule has 0 radical (unpaired) electrons. The smallest absolute Gasteiger partial charge is 0.225 e. The number of nitrogens with one attached hydrogen (secondary N) is 2. The second-order valence-corrected chi connectivity index (χ2v) is 6.66. The third-order valence-corrected chi connectivity index (χ3v) is 4.50. The molecule has 0 unspecified atom stereocenters. The van der Waals surface area contributed by atoms with Crippen molar-refractivity contribution < 1.29 is 0 Å². The minimum atomic E-state index is 0.455. The Morgan fingerprint density at radius 1 is 0.920 bits per heavy atom. The summed E-state index contributed by atoms with van der Waals surface area (Å²) in [5, 5.41) is 7.59. The van der Waals surface area contributed by atoms with E-state index in [-0.39, 0.29) is 0 Å². The SMILES string of the molecule is Clc1ccc(Nc2cc(-c3ccccn3)nc(NC3CC3)n2)cc1Cl. The molecule has 0 aliphatic heterocycles. The Kier molecular flexibility index (Phi) is 4.42. The number of hydrogen-bond donors (Lipinski definition) is 2. The van der Waals surface area contributed by atoms with Crippen LogP contribution in [0.15, 0.2) is 48.7 Å². The lowest BCUT2D eigenvalue weighted by atomic mass is 10.2. The highest BCUT2D eigenvalue weighted by Crippen LogP contribution is 2.29. The fraction of sp³-hybridized carbons (Fsp3) is 0.167. The third-order valence-electron chi connectivity index (χ3n) is 3.76. The highest BCUT2D eigenvalue weighted by Gasteiger charge is 2.22. The summed E-state index contributed by atoms with van der Waals surface area (Å²) in [7, 11) is 0. The van der Waals surface area contributed by atoms with Crippen molar-refractivity contribution in [1.82, 2.24) is 15.0 Å². The summed E-state index contributed by atoms with van der Waals surface area (Å²) in [5.41, 5.74) is 2.35. The van der Waals surface area contributed by atoms with Crippen LogP contribution in [-0.4, -0.2) is 21.0 Å². The van der Waals surface area contributed by atoms with Gasteiger partial charge in [0.2, 0.25) is 5.95 Å². The van der Waals surface area contributed by atoms with Crippen molar-refractivity contribution in [1.29, 1.82) is 0 Å². The second kappa shape index (κ2) is 6.86. The molecule has 1 aromatic carbocycles. The van der Waals surface area contributed by atoms with Crippen molar-refractivity contribution in [3.8, 4) is 11.4 Å². The molecule has 3 aromatic rings. The molecule has 1 aliphatic carbocycles. The van der Waals surface area contributed by atoms with Gasteiger partial charge in [0.15, 0.2) is 0 Å². The van der Waals surface area contributed by atoms with Gasteiger partial charge in [-0.25, -0.2) is 4.98 Å². The molecule has 0 bridgehead atoms. The number of aromatic nitrogens is 3. The molecular formula is C18H15Cl2N5. The van der Waals surface area contributed by atoms with E-state index in [1.165, 1.54) is 0 Å². The van der Waals surface area contributed by atoms with E-state index in [9.17, 15) is 0 Å². The van der Waals surface area contributed by atoms with Crippen LogP contribution in [-0.2, 0) is 0 Å². The van der Waals surface area contributed by atoms with E-state index >= 15 is 0 Å². The van der Waals surface area contributed by atoms with Gasteiger partial charge < -0.3 is 10.6 Å². The largest absolute Gasteiger partial charge is 0.351 e. The molecule has 0 amide bonds. The number of hydrogen-bond acceptors (Lipinski definition) is 5. The lowest BCUT2D eigenvalue weighted by molar-refractivity contribution is 1.05. The van der Waals surface area contributed by atoms with Crippen molar-refractivity contribution in [2.24, 2.45) is 0 Å². The average molecular weight is 372 g/mol. The number of nitrogens with zero attached hydrogens (tertiary/aromatic N) is 3. The van der Waals surface area contributed by atoms with E-state index < -0.39 is 0 Å². The molecule has 2 N–H and O–H groups in total. The number of benzene rings is 1. The second-order valence-electron chi connectivity index (χ2n) is 5.85. The first-order chi connectivity index (χ1) is 12.2. The van der Waals surface area contributed by atoms with Gasteiger partial charge in [-0.15, -0.1) is 0 Å². The quantitative estimate of drug-likeness (QED) is 0.648. The molecule has 1 fully saturated rings. The highest BCUT2D eigenvalue weighted by atomic mass is 35.5. The van der Waals surface area contributed by atoms with Crippen molar-refractivity contribution in [3.63, 3.8) is 0 Å². The van der Waals surface area contributed by atoms with Gasteiger partial charge in [-0.1, -0.05) is 29.3 Å². The van der Waals surface area contributed by atoms with Crippen LogP contribution in [0.2, 0.25) is 10.0 Å². The van der Waals surface area contributed by atoms with Crippen LogP contribution in [0.1, 0.15) is 12.8 Å². The molecule has 7 heteroatoms. The van der Waals surface area contributed by atoms with Gasteiger partial charge in [0, 0.05) is 24.0 Å². The van der Waals surface area contributed by atoms with Crippen LogP contribution < -0.4 is 10.6 Å². The molecule has 0 saturated heterocycles. The first-order valence-electron chi connectivity index (χ1n) is 7.96. The maximum atomic E-state index is 6.09. The molecule has 2 aromatic heterocycles. The fourth-order valence-corrected chi connectivity index (χ4v) is 2.65. The predicted molar refractivity (Wildman–Crippen MR) is 102 cm³/mol. The van der Waals surface area contributed by atoms with Crippen molar-refractivity contribution >= 4 is 40.7 Å². The Bertz CT molecular complexity index is 897. The van der Waals surface area contributed by atoms with Crippen LogP contribution in [0.5, 0.6) is 0 Å². The van der Waals surface area contributed by atoms with E-state index in [0.29, 0.717) is 27.9 Å². The zero-order chi connectivity index (χ0) is 17.2. The van der Waals surface area contributed by atoms with Gasteiger partial charge >= 0.3 is 0 Å². The van der Waals surface area contributed by atoms with E-state index in [1.54, 1.807) is 18.3 Å². The Morgan fingerprint density at radius 2 is 1.80 bits per heavy atom. The summed E-state index contributed by atoms with van der Waals surface area (Å²) in [6.45, 7) is 0. The summed E-state index contributed by atoms with van der Waals surface area (Å²) in [4.78, 5) is 13.5. The van der Waals surface area contributed by atoms with Gasteiger partial charge in [-0.3, -0.25) is 4.98 Å². The summed E-state index contributed by atoms with van der Waals surface area (Å²) >= 11 is 12.1.